The van der Waals surface area contributed by atoms with E-state index in [1.165, 1.54) is 57.8 Å². The zero-order chi connectivity index (χ0) is 18.2. The van der Waals surface area contributed by atoms with Crippen LogP contribution in [0, 0.1) is 0 Å². The van der Waals surface area contributed by atoms with Gasteiger partial charge in [-0.25, -0.2) is 0 Å². The quantitative estimate of drug-likeness (QED) is 0.258. The van der Waals surface area contributed by atoms with E-state index in [0.29, 0.717) is 12.2 Å². The molecule has 0 saturated heterocycles. The smallest absolute Gasteiger partial charge is 0.160 e. The Morgan fingerprint density at radius 2 is 1.32 bits per heavy atom. The predicted molar refractivity (Wildman–Crippen MR) is 105 cm³/mol. The molecule has 0 fully saturated rings. The first-order chi connectivity index (χ1) is 12.3. The molecule has 0 radical (unpaired) electrons. The Labute approximate surface area is 154 Å². The first-order valence-electron chi connectivity index (χ1n) is 10.1. The van der Waals surface area contributed by atoms with E-state index in [0.717, 1.165) is 25.1 Å². The summed E-state index contributed by atoms with van der Waals surface area (Å²) in [5.74, 6) is 1.58. The van der Waals surface area contributed by atoms with Crippen LogP contribution in [0.15, 0.2) is 24.3 Å². The molecule has 25 heavy (non-hydrogen) atoms. The minimum Gasteiger partial charge on any atom is -0.494 e. The summed E-state index contributed by atoms with van der Waals surface area (Å²) in [5.41, 5.74) is 0. The van der Waals surface area contributed by atoms with Crippen LogP contribution in [0.4, 0.5) is 0 Å². The number of rotatable bonds is 16. The molecular weight excluding hydrogens is 312 g/mol. The van der Waals surface area contributed by atoms with Crippen molar-refractivity contribution in [1.29, 1.82) is 0 Å². The molecule has 0 aliphatic heterocycles. The van der Waals surface area contributed by atoms with Crippen LogP contribution >= 0.6 is 0 Å². The van der Waals surface area contributed by atoms with Gasteiger partial charge in [-0.15, -0.1) is 0 Å². The van der Waals surface area contributed by atoms with E-state index < -0.39 is 0 Å². The van der Waals surface area contributed by atoms with E-state index >= 15 is 0 Å². The minimum atomic E-state index is -0.363. The molecule has 0 heterocycles. The third kappa shape index (κ3) is 10.9. The van der Waals surface area contributed by atoms with Crippen molar-refractivity contribution in [3.8, 4) is 11.5 Å². The van der Waals surface area contributed by atoms with Crippen molar-refractivity contribution < 1.29 is 14.3 Å². The molecule has 0 saturated carbocycles. The fourth-order valence-corrected chi connectivity index (χ4v) is 2.78. The summed E-state index contributed by atoms with van der Waals surface area (Å²) in [4.78, 5) is 10.8. The van der Waals surface area contributed by atoms with Gasteiger partial charge in [0.2, 0.25) is 0 Å². The average Bonchev–Trinajstić information content (AvgIpc) is 2.65. The van der Waals surface area contributed by atoms with Crippen LogP contribution in [0.5, 0.6) is 11.5 Å². The molecule has 1 atom stereocenters. The van der Waals surface area contributed by atoms with Gasteiger partial charge in [-0.3, -0.25) is 4.79 Å². The van der Waals surface area contributed by atoms with Crippen molar-refractivity contribution in [2.75, 3.05) is 6.61 Å². The highest BCUT2D eigenvalue weighted by molar-refractivity contribution is 5.56. The largest absolute Gasteiger partial charge is 0.494 e. The summed E-state index contributed by atoms with van der Waals surface area (Å²) < 4.78 is 11.3. The van der Waals surface area contributed by atoms with Gasteiger partial charge < -0.3 is 9.47 Å². The summed E-state index contributed by atoms with van der Waals surface area (Å²) >= 11 is 0. The molecule has 1 aromatic carbocycles. The standard InChI is InChI=1S/C22H36O3/c1-3-5-6-7-8-9-10-11-12-13-18-24-21-14-16-22(17-15-21)25-20(4-2)19-23/h14-17,19-20H,3-13,18H2,1-2H3. The van der Waals surface area contributed by atoms with Crippen molar-refractivity contribution in [3.05, 3.63) is 24.3 Å². The maximum absolute atomic E-state index is 10.8. The number of carbonyl (C=O) groups excluding carboxylic acids is 1. The Morgan fingerprint density at radius 1 is 0.800 bits per heavy atom. The van der Waals surface area contributed by atoms with E-state index in [2.05, 4.69) is 6.92 Å². The summed E-state index contributed by atoms with van der Waals surface area (Å²) in [5, 5.41) is 0. The number of ether oxygens (including phenoxy) is 2. The molecule has 0 bridgehead atoms. The van der Waals surface area contributed by atoms with Crippen LogP contribution < -0.4 is 9.47 Å². The van der Waals surface area contributed by atoms with E-state index in [9.17, 15) is 4.79 Å². The molecule has 0 amide bonds. The molecule has 1 aromatic rings. The fourth-order valence-electron chi connectivity index (χ4n) is 2.78. The fraction of sp³-hybridized carbons (Fsp3) is 0.682. The summed E-state index contributed by atoms with van der Waals surface area (Å²) in [7, 11) is 0. The van der Waals surface area contributed by atoms with Gasteiger partial charge in [0, 0.05) is 0 Å². The molecule has 0 aliphatic rings. The van der Waals surface area contributed by atoms with Gasteiger partial charge in [-0.1, -0.05) is 71.6 Å². The maximum atomic E-state index is 10.8. The van der Waals surface area contributed by atoms with Crippen molar-refractivity contribution in [2.45, 2.75) is 90.6 Å². The Balaban J connectivity index is 2.02. The van der Waals surface area contributed by atoms with E-state index in [-0.39, 0.29) is 6.10 Å². The molecule has 3 nitrogen and oxygen atoms in total. The Bertz CT molecular complexity index is 427. The zero-order valence-electron chi connectivity index (χ0n) is 16.2. The lowest BCUT2D eigenvalue weighted by Gasteiger charge is -2.12. The molecule has 1 unspecified atom stereocenters. The molecule has 0 aromatic heterocycles. The van der Waals surface area contributed by atoms with Crippen molar-refractivity contribution in [3.63, 3.8) is 0 Å². The lowest BCUT2D eigenvalue weighted by molar-refractivity contribution is -0.113. The number of unbranched alkanes of at least 4 members (excludes halogenated alkanes) is 9. The van der Waals surface area contributed by atoms with Gasteiger partial charge in [-0.2, -0.15) is 0 Å². The monoisotopic (exact) mass is 348 g/mol. The molecular formula is C22H36O3. The van der Waals surface area contributed by atoms with Gasteiger partial charge in [0.05, 0.1) is 6.61 Å². The Morgan fingerprint density at radius 3 is 1.84 bits per heavy atom. The number of hydrogen-bond acceptors (Lipinski definition) is 3. The van der Waals surface area contributed by atoms with Crippen molar-refractivity contribution in [2.24, 2.45) is 0 Å². The second-order valence-corrected chi connectivity index (χ2v) is 6.70. The van der Waals surface area contributed by atoms with Crippen LogP contribution in [0.1, 0.15) is 84.5 Å². The number of hydrogen-bond donors (Lipinski definition) is 0. The Kier molecular flexibility index (Phi) is 12.7. The second-order valence-electron chi connectivity index (χ2n) is 6.70. The number of benzene rings is 1. The van der Waals surface area contributed by atoms with Gasteiger partial charge in [0.1, 0.15) is 11.5 Å². The SMILES string of the molecule is CCCCCCCCCCCCOc1ccc(OC(C=O)CC)cc1. The summed E-state index contributed by atoms with van der Waals surface area (Å²) in [6, 6.07) is 7.53. The van der Waals surface area contributed by atoms with E-state index in [1.807, 2.05) is 31.2 Å². The molecule has 0 aliphatic carbocycles. The van der Waals surface area contributed by atoms with Crippen LogP contribution in [-0.2, 0) is 4.79 Å². The first-order valence-corrected chi connectivity index (χ1v) is 10.1. The highest BCUT2D eigenvalue weighted by Gasteiger charge is 2.05. The van der Waals surface area contributed by atoms with Gasteiger partial charge in [-0.05, 0) is 37.1 Å². The molecule has 0 spiro atoms. The van der Waals surface area contributed by atoms with E-state index in [1.54, 1.807) is 0 Å². The molecule has 142 valence electrons. The van der Waals surface area contributed by atoms with Gasteiger partial charge >= 0.3 is 0 Å². The highest BCUT2D eigenvalue weighted by Crippen LogP contribution is 2.19. The third-order valence-electron chi connectivity index (χ3n) is 4.43. The topological polar surface area (TPSA) is 35.5 Å². The lowest BCUT2D eigenvalue weighted by atomic mass is 10.1. The maximum Gasteiger partial charge on any atom is 0.160 e. The van der Waals surface area contributed by atoms with Gasteiger partial charge in [0.25, 0.3) is 0 Å². The number of carbonyl (C=O) groups is 1. The summed E-state index contributed by atoms with van der Waals surface area (Å²) in [6.07, 6.45) is 14.5. The third-order valence-corrected chi connectivity index (χ3v) is 4.43. The van der Waals surface area contributed by atoms with Crippen molar-refractivity contribution >= 4 is 6.29 Å². The van der Waals surface area contributed by atoms with Crippen LogP contribution in [0.25, 0.3) is 0 Å². The lowest BCUT2D eigenvalue weighted by Crippen LogP contribution is -2.16. The van der Waals surface area contributed by atoms with Crippen LogP contribution in [0.3, 0.4) is 0 Å². The normalized spacial score (nSPS) is 11.9. The van der Waals surface area contributed by atoms with Crippen LogP contribution in [0.2, 0.25) is 0 Å². The van der Waals surface area contributed by atoms with Crippen molar-refractivity contribution in [1.82, 2.24) is 0 Å². The average molecular weight is 349 g/mol. The second kappa shape index (κ2) is 14.8. The predicted octanol–water partition coefficient (Wildman–Crippen LogP) is 6.34. The highest BCUT2D eigenvalue weighted by atomic mass is 16.5. The molecule has 0 N–H and O–H groups in total. The Hall–Kier alpha value is -1.51. The summed E-state index contributed by atoms with van der Waals surface area (Å²) in [6.45, 7) is 4.96. The first kappa shape index (κ1) is 21.5. The zero-order valence-corrected chi connectivity index (χ0v) is 16.2. The molecule has 1 rings (SSSR count). The minimum absolute atomic E-state index is 0.363. The number of aldehydes is 1. The molecule has 3 heteroatoms. The van der Waals surface area contributed by atoms with Crippen LogP contribution in [-0.4, -0.2) is 19.0 Å². The van der Waals surface area contributed by atoms with Gasteiger partial charge in [0.15, 0.2) is 12.4 Å². The van der Waals surface area contributed by atoms with E-state index in [4.69, 9.17) is 9.47 Å².